The summed E-state index contributed by atoms with van der Waals surface area (Å²) in [6.45, 7) is 4.51. The Morgan fingerprint density at radius 3 is 2.90 bits per heavy atom. The third kappa shape index (κ3) is 4.05. The summed E-state index contributed by atoms with van der Waals surface area (Å²) in [6.07, 6.45) is 4.51. The number of aliphatic hydroxyl groups is 1. The lowest BCUT2D eigenvalue weighted by atomic mass is 9.71. The molecule has 0 aromatic carbocycles. The van der Waals surface area contributed by atoms with Crippen molar-refractivity contribution in [3.05, 3.63) is 15.0 Å². The molecule has 6 heteroatoms. The first kappa shape index (κ1) is 16.9. The molecule has 0 spiro atoms. The van der Waals surface area contributed by atoms with E-state index in [0.29, 0.717) is 18.4 Å². The van der Waals surface area contributed by atoms with E-state index >= 15 is 0 Å². The maximum Gasteiger partial charge on any atom is 0.309 e. The molecule has 1 heterocycles. The highest BCUT2D eigenvalue weighted by atomic mass is 79.9. The van der Waals surface area contributed by atoms with Crippen molar-refractivity contribution in [2.75, 3.05) is 13.2 Å². The number of nitrogens with zero attached hydrogens (tertiary/aromatic N) is 1. The monoisotopic (exact) mass is 375 g/mol. The zero-order chi connectivity index (χ0) is 15.4. The molecule has 4 nitrogen and oxygen atoms in total. The highest BCUT2D eigenvalue weighted by molar-refractivity contribution is 9.11. The molecule has 1 aliphatic carbocycles. The summed E-state index contributed by atoms with van der Waals surface area (Å²) in [6, 6.07) is 0. The van der Waals surface area contributed by atoms with Gasteiger partial charge in [-0.2, -0.15) is 0 Å². The minimum atomic E-state index is -0.0685. The van der Waals surface area contributed by atoms with Gasteiger partial charge in [0.1, 0.15) is 0 Å². The Morgan fingerprint density at radius 1 is 1.62 bits per heavy atom. The normalized spacial score (nSPS) is 27.3. The number of ether oxygens (including phenoxy) is 1. The average Bonchev–Trinajstić information content (AvgIpc) is 2.86. The van der Waals surface area contributed by atoms with Crippen LogP contribution >= 0.6 is 27.3 Å². The lowest BCUT2D eigenvalue weighted by Crippen LogP contribution is -2.33. The van der Waals surface area contributed by atoms with Crippen LogP contribution in [0.4, 0.5) is 0 Å². The van der Waals surface area contributed by atoms with Gasteiger partial charge in [0.15, 0.2) is 0 Å². The van der Waals surface area contributed by atoms with Gasteiger partial charge in [-0.25, -0.2) is 4.98 Å². The Labute approximate surface area is 138 Å². The van der Waals surface area contributed by atoms with Crippen LogP contribution in [-0.4, -0.2) is 29.3 Å². The van der Waals surface area contributed by atoms with E-state index in [4.69, 9.17) is 4.74 Å². The number of esters is 1. The molecule has 0 bridgehead atoms. The average molecular weight is 376 g/mol. The molecule has 1 aromatic heterocycles. The molecule has 0 saturated heterocycles. The molecular formula is C15H22BrNO3S. The molecule has 118 valence electrons. The summed E-state index contributed by atoms with van der Waals surface area (Å²) in [5.74, 6) is 0.686. The third-order valence-corrected chi connectivity index (χ3v) is 5.99. The Hall–Kier alpha value is -0.460. The maximum atomic E-state index is 11.9. The zero-order valence-electron chi connectivity index (χ0n) is 12.4. The van der Waals surface area contributed by atoms with Crippen LogP contribution in [0.1, 0.15) is 44.0 Å². The highest BCUT2D eigenvalue weighted by Crippen LogP contribution is 2.42. The first-order chi connectivity index (χ1) is 10.1. The predicted molar refractivity (Wildman–Crippen MR) is 86.3 cm³/mol. The summed E-state index contributed by atoms with van der Waals surface area (Å²) < 4.78 is 6.15. The number of carbonyl (C=O) groups is 1. The first-order valence-corrected chi connectivity index (χ1v) is 9.06. The minimum Gasteiger partial charge on any atom is -0.466 e. The van der Waals surface area contributed by atoms with E-state index in [1.165, 1.54) is 0 Å². The van der Waals surface area contributed by atoms with Crippen LogP contribution in [0.2, 0.25) is 0 Å². The van der Waals surface area contributed by atoms with Crippen LogP contribution in [0.15, 0.2) is 9.98 Å². The van der Waals surface area contributed by atoms with Crippen molar-refractivity contribution in [1.29, 1.82) is 0 Å². The van der Waals surface area contributed by atoms with Crippen molar-refractivity contribution in [2.24, 2.45) is 17.8 Å². The van der Waals surface area contributed by atoms with Gasteiger partial charge < -0.3 is 9.84 Å². The third-order valence-electron chi connectivity index (χ3n) is 4.38. The van der Waals surface area contributed by atoms with E-state index in [-0.39, 0.29) is 24.4 Å². The molecule has 4 atom stereocenters. The molecule has 1 N–H and O–H groups in total. The van der Waals surface area contributed by atoms with Crippen LogP contribution in [0.3, 0.4) is 0 Å². The molecule has 0 unspecified atom stereocenters. The lowest BCUT2D eigenvalue weighted by molar-refractivity contribution is -0.151. The molecule has 21 heavy (non-hydrogen) atoms. The van der Waals surface area contributed by atoms with Gasteiger partial charge in [0.05, 0.1) is 34.1 Å². The fourth-order valence-corrected chi connectivity index (χ4v) is 4.70. The van der Waals surface area contributed by atoms with Crippen LogP contribution < -0.4 is 0 Å². The summed E-state index contributed by atoms with van der Waals surface area (Å²) in [5.41, 5.74) is 0. The fourth-order valence-electron chi connectivity index (χ4n) is 3.27. The predicted octanol–water partition coefficient (Wildman–Crippen LogP) is 3.60. The van der Waals surface area contributed by atoms with Crippen LogP contribution in [-0.2, 0) is 9.53 Å². The van der Waals surface area contributed by atoms with Crippen LogP contribution in [0.5, 0.6) is 0 Å². The van der Waals surface area contributed by atoms with E-state index in [1.807, 2.05) is 6.92 Å². The number of halogens is 1. The van der Waals surface area contributed by atoms with E-state index in [2.05, 4.69) is 27.8 Å². The van der Waals surface area contributed by atoms with E-state index in [0.717, 1.165) is 28.1 Å². The highest BCUT2D eigenvalue weighted by Gasteiger charge is 2.37. The SMILES string of the molecule is CCOC(=O)[C@@H]1CC[C@@H]([C@@H](CO)c2ncc(Br)s2)C[C@@H]1C. The molecule has 0 amide bonds. The number of hydrogen-bond acceptors (Lipinski definition) is 5. The Balaban J connectivity index is 2.02. The zero-order valence-corrected chi connectivity index (χ0v) is 14.8. The van der Waals surface area contributed by atoms with Gasteiger partial charge in [0.25, 0.3) is 0 Å². The van der Waals surface area contributed by atoms with Gasteiger partial charge in [0, 0.05) is 5.92 Å². The van der Waals surface area contributed by atoms with Crippen molar-refractivity contribution in [2.45, 2.75) is 39.0 Å². The largest absolute Gasteiger partial charge is 0.466 e. The fraction of sp³-hybridized carbons (Fsp3) is 0.733. The Bertz CT molecular complexity index is 479. The maximum absolute atomic E-state index is 11.9. The second-order valence-electron chi connectivity index (χ2n) is 5.70. The second kappa shape index (κ2) is 7.70. The number of aromatic nitrogens is 1. The topological polar surface area (TPSA) is 59.4 Å². The summed E-state index contributed by atoms with van der Waals surface area (Å²) in [4.78, 5) is 16.3. The van der Waals surface area contributed by atoms with Gasteiger partial charge in [-0.3, -0.25) is 4.79 Å². The van der Waals surface area contributed by atoms with E-state index in [1.54, 1.807) is 17.5 Å². The Morgan fingerprint density at radius 2 is 2.38 bits per heavy atom. The van der Waals surface area contributed by atoms with Gasteiger partial charge in [-0.1, -0.05) is 6.92 Å². The molecule has 0 aliphatic heterocycles. The lowest BCUT2D eigenvalue weighted by Gasteiger charge is -2.35. The van der Waals surface area contributed by atoms with Gasteiger partial charge in [-0.15, -0.1) is 11.3 Å². The summed E-state index contributed by atoms with van der Waals surface area (Å²) >= 11 is 5.01. The van der Waals surface area contributed by atoms with E-state index < -0.39 is 0 Å². The van der Waals surface area contributed by atoms with Crippen molar-refractivity contribution < 1.29 is 14.6 Å². The van der Waals surface area contributed by atoms with Crippen molar-refractivity contribution in [3.8, 4) is 0 Å². The standard InChI is InChI=1S/C15H22BrNO3S/c1-3-20-15(19)11-5-4-10(6-9(11)2)12(8-18)14-17-7-13(16)21-14/h7,9-12,18H,3-6,8H2,1-2H3/t9-,10+,11+,12+/m0/s1. The second-order valence-corrected chi connectivity index (χ2v) is 8.14. The molecule has 0 radical (unpaired) electrons. The summed E-state index contributed by atoms with van der Waals surface area (Å²) in [7, 11) is 0. The quantitative estimate of drug-likeness (QED) is 0.798. The number of rotatable bonds is 5. The van der Waals surface area contributed by atoms with Crippen molar-refractivity contribution >= 4 is 33.2 Å². The number of thiazole rings is 1. The van der Waals surface area contributed by atoms with E-state index in [9.17, 15) is 9.90 Å². The van der Waals surface area contributed by atoms with Crippen molar-refractivity contribution in [3.63, 3.8) is 0 Å². The van der Waals surface area contributed by atoms with Gasteiger partial charge in [-0.05, 0) is 54.0 Å². The molecular weight excluding hydrogens is 354 g/mol. The van der Waals surface area contributed by atoms with Gasteiger partial charge in [0.2, 0.25) is 0 Å². The molecule has 1 fully saturated rings. The number of hydrogen-bond donors (Lipinski definition) is 1. The molecule has 1 aliphatic rings. The Kier molecular flexibility index (Phi) is 6.20. The van der Waals surface area contributed by atoms with Crippen molar-refractivity contribution in [1.82, 2.24) is 4.98 Å². The number of carbonyl (C=O) groups excluding carboxylic acids is 1. The van der Waals surface area contributed by atoms with Gasteiger partial charge >= 0.3 is 5.97 Å². The smallest absolute Gasteiger partial charge is 0.309 e. The first-order valence-electron chi connectivity index (χ1n) is 7.45. The van der Waals surface area contributed by atoms with Crippen LogP contribution in [0.25, 0.3) is 0 Å². The summed E-state index contributed by atoms with van der Waals surface area (Å²) in [5, 5.41) is 10.7. The molecule has 1 saturated carbocycles. The minimum absolute atomic E-state index is 0.00331. The van der Waals surface area contributed by atoms with Crippen LogP contribution in [0, 0.1) is 17.8 Å². The molecule has 1 aromatic rings. The molecule has 2 rings (SSSR count). The number of aliphatic hydroxyl groups excluding tert-OH is 1.